The average Bonchev–Trinajstić information content (AvgIpc) is 3.75. The van der Waals surface area contributed by atoms with Gasteiger partial charge in [0.25, 0.3) is 0 Å². The second kappa shape index (κ2) is 9.56. The predicted molar refractivity (Wildman–Crippen MR) is 193 cm³/mol. The molecular formula is C42H28N2S. The quantitative estimate of drug-likeness (QED) is 0.193. The van der Waals surface area contributed by atoms with E-state index in [0.717, 1.165) is 12.8 Å². The lowest BCUT2D eigenvalue weighted by Gasteiger charge is -2.11. The molecule has 0 aliphatic heterocycles. The highest BCUT2D eigenvalue weighted by Crippen LogP contribution is 2.40. The molecule has 212 valence electrons. The summed E-state index contributed by atoms with van der Waals surface area (Å²) in [5, 5.41) is 6.52. The molecule has 3 aromatic heterocycles. The van der Waals surface area contributed by atoms with E-state index in [0.29, 0.717) is 0 Å². The van der Waals surface area contributed by atoms with Gasteiger partial charge in [0.2, 0.25) is 0 Å². The molecular weight excluding hydrogens is 565 g/mol. The first-order valence-electron chi connectivity index (χ1n) is 15.7. The number of aryl methyl sites for hydroxylation is 1. The van der Waals surface area contributed by atoms with Gasteiger partial charge in [0, 0.05) is 42.5 Å². The summed E-state index contributed by atoms with van der Waals surface area (Å²) >= 11 is 1.92. The summed E-state index contributed by atoms with van der Waals surface area (Å²) in [6.45, 7) is 0. The van der Waals surface area contributed by atoms with Crippen molar-refractivity contribution in [1.29, 1.82) is 0 Å². The number of hydrogen-bond acceptors (Lipinski definition) is 1. The molecule has 0 unspecified atom stereocenters. The topological polar surface area (TPSA) is 9.86 Å². The minimum atomic E-state index is 1.12. The zero-order valence-corrected chi connectivity index (χ0v) is 25.4. The molecule has 0 spiro atoms. The molecule has 0 atom stereocenters. The van der Waals surface area contributed by atoms with E-state index in [4.69, 9.17) is 0 Å². The number of rotatable bonds is 3. The number of hydrogen-bond donors (Lipinski definition) is 0. The van der Waals surface area contributed by atoms with E-state index in [1.165, 1.54) is 86.6 Å². The second-order valence-electron chi connectivity index (χ2n) is 12.1. The molecule has 0 saturated carbocycles. The third-order valence-corrected chi connectivity index (χ3v) is 10.8. The number of para-hydroxylation sites is 3. The first kappa shape index (κ1) is 25.0. The van der Waals surface area contributed by atoms with E-state index in [1.807, 2.05) is 11.3 Å². The summed E-state index contributed by atoms with van der Waals surface area (Å²) in [6, 6.07) is 49.3. The van der Waals surface area contributed by atoms with Crippen LogP contribution in [-0.4, -0.2) is 9.13 Å². The van der Waals surface area contributed by atoms with Crippen molar-refractivity contribution in [3.05, 3.63) is 150 Å². The van der Waals surface area contributed by atoms with Crippen molar-refractivity contribution in [1.82, 2.24) is 9.13 Å². The van der Waals surface area contributed by atoms with Gasteiger partial charge in [0.05, 0.1) is 22.1 Å². The van der Waals surface area contributed by atoms with Gasteiger partial charge in [0.1, 0.15) is 0 Å². The largest absolute Gasteiger partial charge is 0.309 e. The first-order valence-corrected chi connectivity index (χ1v) is 16.5. The van der Waals surface area contributed by atoms with Crippen molar-refractivity contribution >= 4 is 71.1 Å². The van der Waals surface area contributed by atoms with Gasteiger partial charge < -0.3 is 9.13 Å². The Morgan fingerprint density at radius 1 is 0.467 bits per heavy atom. The molecule has 0 bridgehead atoms. The maximum Gasteiger partial charge on any atom is 0.0547 e. The van der Waals surface area contributed by atoms with Gasteiger partial charge in [-0.15, -0.1) is 11.3 Å². The second-order valence-corrected chi connectivity index (χ2v) is 13.2. The normalized spacial score (nSPS) is 13.1. The Bertz CT molecular complexity index is 2650. The Hall–Kier alpha value is -5.38. The van der Waals surface area contributed by atoms with Crippen molar-refractivity contribution in [3.8, 4) is 22.5 Å². The molecule has 3 heteroatoms. The molecule has 45 heavy (non-hydrogen) atoms. The molecule has 3 heterocycles. The van der Waals surface area contributed by atoms with Crippen molar-refractivity contribution in [3.63, 3.8) is 0 Å². The number of allylic oxidation sites excluding steroid dienone is 1. The van der Waals surface area contributed by atoms with Crippen LogP contribution in [0.2, 0.25) is 0 Å². The van der Waals surface area contributed by atoms with Crippen LogP contribution in [0.3, 0.4) is 0 Å². The maximum atomic E-state index is 2.47. The first-order chi connectivity index (χ1) is 22.3. The van der Waals surface area contributed by atoms with Crippen molar-refractivity contribution < 1.29 is 0 Å². The predicted octanol–water partition coefficient (Wildman–Crippen LogP) is 11.7. The summed E-state index contributed by atoms with van der Waals surface area (Å²) < 4.78 is 6.22. The van der Waals surface area contributed by atoms with Crippen LogP contribution in [0.5, 0.6) is 0 Å². The van der Waals surface area contributed by atoms with Gasteiger partial charge in [-0.3, -0.25) is 0 Å². The lowest BCUT2D eigenvalue weighted by Crippen LogP contribution is -1.95. The van der Waals surface area contributed by atoms with Crippen LogP contribution < -0.4 is 0 Å². The highest BCUT2D eigenvalue weighted by Gasteiger charge is 2.18. The number of benzene rings is 6. The fraction of sp³-hybridized carbons (Fsp3) is 0.0476. The van der Waals surface area contributed by atoms with Crippen molar-refractivity contribution in [2.75, 3.05) is 0 Å². The Kier molecular flexibility index (Phi) is 5.31. The minimum absolute atomic E-state index is 1.12. The van der Waals surface area contributed by atoms with E-state index in [-0.39, 0.29) is 0 Å². The number of thiophene rings is 1. The van der Waals surface area contributed by atoms with Crippen molar-refractivity contribution in [2.45, 2.75) is 12.8 Å². The molecule has 9 aromatic rings. The fourth-order valence-electron chi connectivity index (χ4n) is 7.54. The van der Waals surface area contributed by atoms with Crippen LogP contribution in [0.15, 0.2) is 140 Å². The van der Waals surface area contributed by atoms with Gasteiger partial charge >= 0.3 is 0 Å². The van der Waals surface area contributed by atoms with Gasteiger partial charge in [-0.1, -0.05) is 78.9 Å². The molecule has 6 aromatic carbocycles. The smallest absolute Gasteiger partial charge is 0.0547 e. The molecule has 10 rings (SSSR count). The zero-order valence-electron chi connectivity index (χ0n) is 24.6. The maximum absolute atomic E-state index is 2.47. The number of aromatic nitrogens is 2. The third kappa shape index (κ3) is 3.68. The Labute approximate surface area is 264 Å². The third-order valence-electron chi connectivity index (χ3n) is 9.59. The molecule has 0 amide bonds. The van der Waals surface area contributed by atoms with Gasteiger partial charge in [-0.05, 0) is 102 Å². The molecule has 0 saturated heterocycles. The van der Waals surface area contributed by atoms with Crippen LogP contribution in [0.1, 0.15) is 16.9 Å². The zero-order chi connectivity index (χ0) is 29.5. The van der Waals surface area contributed by atoms with Crippen LogP contribution in [-0.2, 0) is 6.42 Å². The van der Waals surface area contributed by atoms with E-state index in [2.05, 4.69) is 155 Å². The number of fused-ring (bicyclic) bond motifs is 9. The Morgan fingerprint density at radius 3 is 1.98 bits per heavy atom. The summed E-state index contributed by atoms with van der Waals surface area (Å²) in [7, 11) is 0. The lowest BCUT2D eigenvalue weighted by molar-refractivity contribution is 1.01. The molecule has 0 radical (unpaired) electrons. The molecule has 1 aliphatic carbocycles. The highest BCUT2D eigenvalue weighted by atomic mass is 32.1. The fourth-order valence-corrected chi connectivity index (χ4v) is 8.71. The highest BCUT2D eigenvalue weighted by molar-refractivity contribution is 7.20. The van der Waals surface area contributed by atoms with Crippen LogP contribution in [0, 0.1) is 0 Å². The SMILES string of the molecule is C1=Cc2sc3ccc(-n4c5ccccc5c5ccc(-c6ccc7c(c6)c6ccccc6n7-c6ccccc6)cc54)cc3c2CC1. The van der Waals surface area contributed by atoms with E-state index in [9.17, 15) is 0 Å². The summed E-state index contributed by atoms with van der Waals surface area (Å²) in [4.78, 5) is 1.42. The summed E-state index contributed by atoms with van der Waals surface area (Å²) in [5.41, 5.74) is 11.3. The van der Waals surface area contributed by atoms with Crippen molar-refractivity contribution in [2.24, 2.45) is 0 Å². The lowest BCUT2D eigenvalue weighted by atomic mass is 10.0. The van der Waals surface area contributed by atoms with Gasteiger partial charge in [-0.2, -0.15) is 0 Å². The van der Waals surface area contributed by atoms with Gasteiger partial charge in [-0.25, -0.2) is 0 Å². The van der Waals surface area contributed by atoms with E-state index < -0.39 is 0 Å². The molecule has 0 fully saturated rings. The van der Waals surface area contributed by atoms with Gasteiger partial charge in [0.15, 0.2) is 0 Å². The van der Waals surface area contributed by atoms with E-state index >= 15 is 0 Å². The molecule has 2 nitrogen and oxygen atoms in total. The minimum Gasteiger partial charge on any atom is -0.309 e. The Morgan fingerprint density at radius 2 is 1.13 bits per heavy atom. The van der Waals surface area contributed by atoms with Crippen LogP contribution in [0.4, 0.5) is 0 Å². The van der Waals surface area contributed by atoms with Crippen LogP contribution in [0.25, 0.3) is 82.3 Å². The number of nitrogens with zero attached hydrogens (tertiary/aromatic N) is 2. The molecule has 0 N–H and O–H groups in total. The Balaban J connectivity index is 1.20. The monoisotopic (exact) mass is 592 g/mol. The van der Waals surface area contributed by atoms with Crippen LogP contribution >= 0.6 is 11.3 Å². The molecule has 1 aliphatic rings. The standard InChI is InChI=1S/C42H28N2S/c1-2-10-29(11-3-1)43-38-16-8-5-13-32(38)35-24-27(19-22-39(35)43)28-18-21-33-31-12-4-7-15-37(31)44(40(33)25-28)30-20-23-42-36(26-30)34-14-6-9-17-41(34)45-42/h1-5,7-13,15-26H,6,14H2. The average molecular weight is 593 g/mol. The summed E-state index contributed by atoms with van der Waals surface area (Å²) in [5.74, 6) is 0. The van der Waals surface area contributed by atoms with E-state index in [1.54, 1.807) is 0 Å². The summed E-state index contributed by atoms with van der Waals surface area (Å²) in [6.07, 6.45) is 6.86.